The summed E-state index contributed by atoms with van der Waals surface area (Å²) in [5, 5.41) is 6.03. The third kappa shape index (κ3) is 19.6. The van der Waals surface area contributed by atoms with Crippen molar-refractivity contribution in [1.29, 1.82) is 0 Å². The predicted octanol–water partition coefficient (Wildman–Crippen LogP) is 24.2. The van der Waals surface area contributed by atoms with E-state index >= 15 is 0 Å². The lowest BCUT2D eigenvalue weighted by molar-refractivity contribution is -0.662. The Labute approximate surface area is 720 Å². The average Bonchev–Trinajstić information content (AvgIpc) is 0.886. The van der Waals surface area contributed by atoms with Gasteiger partial charge in [0.15, 0.2) is 27.6 Å². The molecule has 4 fully saturated rings. The van der Waals surface area contributed by atoms with Crippen LogP contribution in [0.3, 0.4) is 0 Å². The van der Waals surface area contributed by atoms with Gasteiger partial charge in [-0.3, -0.25) is 0 Å². The fraction of sp³-hybridized carbons (Fsp3) is 0.358. The van der Waals surface area contributed by atoms with E-state index in [9.17, 15) is 13.2 Å². The van der Waals surface area contributed by atoms with Gasteiger partial charge in [0.25, 0.3) is 31.6 Å². The highest BCUT2D eigenvalue weighted by molar-refractivity contribution is 5.96. The highest BCUT2D eigenvalue weighted by Crippen LogP contribution is 2.43. The van der Waals surface area contributed by atoms with Crippen LogP contribution in [0.2, 0.25) is 0 Å². The van der Waals surface area contributed by atoms with E-state index in [0.717, 1.165) is 62.4 Å². The quantitative estimate of drug-likeness (QED) is 0.0955. The number of halogens is 3. The normalized spacial score (nSPS) is 14.7. The van der Waals surface area contributed by atoms with Crippen LogP contribution in [0.1, 0.15) is 172 Å². The highest BCUT2D eigenvalue weighted by atomic mass is 19.4. The Morgan fingerprint density at radius 2 is 0.648 bits per heavy atom. The number of para-hydroxylation sites is 2. The fourth-order valence-corrected chi connectivity index (χ4v) is 19.8. The van der Waals surface area contributed by atoms with Crippen LogP contribution >= 0.6 is 0 Å². The maximum absolute atomic E-state index is 13.2. The van der Waals surface area contributed by atoms with Crippen LogP contribution in [-0.4, -0.2) is 31.1 Å². The molecule has 19 rings (SSSR count). The Morgan fingerprint density at radius 3 is 1.17 bits per heavy atom. The molecule has 4 saturated carbocycles. The van der Waals surface area contributed by atoms with Gasteiger partial charge in [-0.2, -0.15) is 13.2 Å². The maximum atomic E-state index is 13.2. The van der Waals surface area contributed by atoms with Crippen molar-refractivity contribution in [2.24, 2.45) is 64.3 Å². The smallest absolute Gasteiger partial charge is 0.232 e. The molecule has 0 unspecified atom stereocenters. The van der Waals surface area contributed by atoms with Gasteiger partial charge in [-0.05, 0) is 220 Å². The van der Waals surface area contributed by atoms with Crippen LogP contribution < -0.4 is 22.8 Å². The highest BCUT2D eigenvalue weighted by Gasteiger charge is 2.47. The van der Waals surface area contributed by atoms with Crippen LogP contribution in [0.15, 0.2) is 244 Å². The number of aromatic nitrogens is 10. The molecule has 4 aliphatic carbocycles. The summed E-state index contributed by atoms with van der Waals surface area (Å²) < 4.78 is 50.2. The van der Waals surface area contributed by atoms with Gasteiger partial charge >= 0.3 is 6.18 Å². The van der Waals surface area contributed by atoms with E-state index in [0.29, 0.717) is 11.1 Å². The predicted molar refractivity (Wildman–Crippen MR) is 492 cm³/mol. The lowest BCUT2D eigenvalue weighted by Crippen LogP contribution is -2.34. The van der Waals surface area contributed by atoms with Crippen molar-refractivity contribution in [1.82, 2.24) is 24.9 Å². The Bertz CT molecular complexity index is 6160. The summed E-state index contributed by atoms with van der Waals surface area (Å²) in [6.07, 6.45) is 32.3. The van der Waals surface area contributed by atoms with Crippen molar-refractivity contribution in [3.8, 4) is 56.3 Å². The first kappa shape index (κ1) is 85.7. The summed E-state index contributed by atoms with van der Waals surface area (Å²) in [6, 6.07) is 75.0. The zero-order chi connectivity index (χ0) is 85.2. The lowest BCUT2D eigenvalue weighted by Gasteiger charge is -2.27. The van der Waals surface area contributed by atoms with E-state index in [2.05, 4.69) is 259 Å². The van der Waals surface area contributed by atoms with Gasteiger partial charge in [-0.1, -0.05) is 274 Å². The zero-order valence-electron chi connectivity index (χ0n) is 73.9. The van der Waals surface area contributed by atoms with Gasteiger partial charge in [-0.15, -0.1) is 0 Å². The number of hydrogen-bond acceptors (Lipinski definition) is 5. The molecule has 0 spiro atoms. The van der Waals surface area contributed by atoms with E-state index in [-0.39, 0.29) is 6.42 Å². The summed E-state index contributed by atoms with van der Waals surface area (Å²) in [5.74, 6) is 3.43. The molecular weight excluding hydrogens is 1510 g/mol. The molecule has 10 aromatic carbocycles. The average molecular weight is 1630 g/mol. The second-order valence-electron chi connectivity index (χ2n) is 36.3. The molecule has 5 aromatic heterocycles. The summed E-state index contributed by atoms with van der Waals surface area (Å²) in [5.41, 5.74) is 28.7. The minimum Gasteiger partial charge on any atom is -0.232 e. The molecule has 624 valence electrons. The number of benzene rings is 10. The van der Waals surface area contributed by atoms with Crippen LogP contribution in [0.4, 0.5) is 13.2 Å². The van der Waals surface area contributed by atoms with Gasteiger partial charge in [0, 0.05) is 33.4 Å². The second kappa shape index (κ2) is 38.4. The summed E-state index contributed by atoms with van der Waals surface area (Å²) in [4.78, 5) is 23.1. The van der Waals surface area contributed by atoms with Gasteiger partial charge in [-0.25, -0.2) is 22.8 Å². The molecule has 5 heterocycles. The minimum absolute atomic E-state index is 0.0746. The van der Waals surface area contributed by atoms with Crippen molar-refractivity contribution in [3.63, 3.8) is 0 Å². The van der Waals surface area contributed by atoms with E-state index < -0.39 is 11.6 Å². The van der Waals surface area contributed by atoms with Crippen molar-refractivity contribution >= 4 is 54.5 Å². The molecule has 0 aliphatic heterocycles. The fourth-order valence-electron chi connectivity index (χ4n) is 19.8. The van der Waals surface area contributed by atoms with Crippen LogP contribution in [0.25, 0.3) is 111 Å². The molecule has 0 amide bonds. The van der Waals surface area contributed by atoms with E-state index in [1.807, 2.05) is 74.2 Å². The number of fused-ring (bicyclic) bond motifs is 5. The Balaban J connectivity index is 0.000000118. The SMILES string of the molecule is Cc1ccc(CC2CCCC2)cc1-c1c2ccccc2nc[n+]1C.Cc1ccccc1-c1c2c(CC3CCCC3)cccc2nc[n+]1C.Cc1ccccc1-c1c2cc(CC3CCCC3)ccc2nc[n+]1C.Cc1ccccc1-c1c2ccc(CC(C)(C)C(F)(F)F)cc2nc[n+]1C.Cc1ccccc1-c1c2cccc(CC3CCCC3)c2nc[n+]1C. The van der Waals surface area contributed by atoms with Crippen molar-refractivity contribution in [2.45, 2.75) is 189 Å². The van der Waals surface area contributed by atoms with E-state index in [1.165, 1.54) is 259 Å². The first-order valence-corrected chi connectivity index (χ1v) is 44.7. The van der Waals surface area contributed by atoms with Crippen LogP contribution in [-0.2, 0) is 67.3 Å². The number of hydrogen-bond donors (Lipinski definition) is 0. The molecule has 4 aliphatic rings. The summed E-state index contributed by atoms with van der Waals surface area (Å²) in [7, 11) is 10.3. The Kier molecular flexibility index (Phi) is 27.0. The first-order chi connectivity index (χ1) is 59.0. The number of rotatable bonds is 15. The molecule has 0 radical (unpaired) electrons. The van der Waals surface area contributed by atoms with Crippen molar-refractivity contribution < 1.29 is 36.0 Å². The van der Waals surface area contributed by atoms with Gasteiger partial charge in [0.2, 0.25) is 0 Å². The number of nitrogens with zero attached hydrogens (tertiary/aromatic N) is 10. The third-order valence-corrected chi connectivity index (χ3v) is 26.7. The van der Waals surface area contributed by atoms with Crippen LogP contribution in [0, 0.1) is 63.7 Å². The number of alkyl halides is 3. The van der Waals surface area contributed by atoms with Crippen molar-refractivity contribution in [3.05, 3.63) is 300 Å². The molecule has 0 bridgehead atoms. The molecule has 13 heteroatoms. The molecule has 10 nitrogen and oxygen atoms in total. The maximum Gasteiger partial charge on any atom is 0.394 e. The molecule has 0 N–H and O–H groups in total. The largest absolute Gasteiger partial charge is 0.394 e. The minimum atomic E-state index is -4.25. The first-order valence-electron chi connectivity index (χ1n) is 44.7. The Hall–Kier alpha value is -11.3. The topological polar surface area (TPSA) is 83.8 Å². The molecule has 15 aromatic rings. The summed E-state index contributed by atoms with van der Waals surface area (Å²) in [6.45, 7) is 13.3. The Morgan fingerprint density at radius 1 is 0.295 bits per heavy atom. The number of aryl methyl sites for hydroxylation is 10. The van der Waals surface area contributed by atoms with E-state index in [4.69, 9.17) is 9.97 Å². The van der Waals surface area contributed by atoms with Gasteiger partial charge < -0.3 is 0 Å². The van der Waals surface area contributed by atoms with Crippen LogP contribution in [0.5, 0.6) is 0 Å². The molecule has 0 saturated heterocycles. The standard InChI is InChI=1S/4C22H25N2.C21H22F3N2/c1-16-8-3-6-12-19(16)22-21-18(14-17-9-4-5-10-17)11-7-13-20(21)23-15-24(22)2;1-16-8-3-6-12-19(16)22-20-13-7-11-18(14-17-9-4-5-10-17)21(20)23-15-24(22)2;1-16-7-3-6-10-19(16)22-20-14-18(13-17-8-4-5-9-17)11-12-21(20)23-15-24(22)2;1-16-11-12-18(13-17-7-3-4-8-17)14-20(16)22-19-9-5-6-10-21(19)23-15-24(22)2;1-14-7-5-6-8-16(14)19-17-10-9-15(11-18(17)25-13-26(19)4)12-20(2,3)21(22,23)24/h2*3,6-8,11-13,15,17H,4-5,9-10,14H2,1-2H3;3,6-7,10-12,14-15,17H,4-5,8-9,13H2,1-2H3;5-6,9-12,14-15,17H,3-4,7-8,13H2,1-2H3;5-11,13H,12H2,1-4H3/q5*+1. The molecular formula is C109H122F3N10+5. The molecule has 122 heavy (non-hydrogen) atoms. The lowest BCUT2D eigenvalue weighted by atomic mass is 9.84. The summed E-state index contributed by atoms with van der Waals surface area (Å²) >= 11 is 0. The second-order valence-corrected chi connectivity index (χ2v) is 36.3. The van der Waals surface area contributed by atoms with Gasteiger partial charge in [0.1, 0.15) is 28.5 Å². The molecule has 0 atom stereocenters. The zero-order valence-corrected chi connectivity index (χ0v) is 73.9. The van der Waals surface area contributed by atoms with E-state index in [1.54, 1.807) is 18.5 Å². The third-order valence-electron chi connectivity index (χ3n) is 26.7. The van der Waals surface area contributed by atoms with Gasteiger partial charge in [0.05, 0.1) is 67.6 Å². The van der Waals surface area contributed by atoms with Crippen molar-refractivity contribution in [2.75, 3.05) is 0 Å². The monoisotopic (exact) mass is 1630 g/mol.